The molecule has 0 N–H and O–H groups in total. The molecule has 2 rings (SSSR count). The molecule has 0 saturated heterocycles. The van der Waals surface area contributed by atoms with Gasteiger partial charge in [-0.05, 0) is 25.0 Å². The number of pyridine rings is 1. The van der Waals surface area contributed by atoms with Crippen molar-refractivity contribution in [2.75, 3.05) is 0 Å². The van der Waals surface area contributed by atoms with E-state index in [0.717, 1.165) is 11.1 Å². The maximum atomic E-state index is 4.17. The maximum Gasteiger partial charge on any atom is 0.115 e. The minimum absolute atomic E-state index is 1.02. The minimum atomic E-state index is 1.02. The Labute approximate surface area is 82.9 Å². The Hall–Kier alpha value is -1.77. The monoisotopic (exact) mass is 185 g/mol. The summed E-state index contributed by atoms with van der Waals surface area (Å²) in [5, 5.41) is 0. The molecule has 14 heavy (non-hydrogen) atoms. The number of hydrogen-bond acceptors (Lipinski definition) is 3. The molecule has 2 aromatic rings. The summed E-state index contributed by atoms with van der Waals surface area (Å²) in [5.41, 5.74) is 4.54. The summed E-state index contributed by atoms with van der Waals surface area (Å²) in [6.45, 7) is 4.13. The molecule has 0 aromatic carbocycles. The molecule has 0 aliphatic heterocycles. The van der Waals surface area contributed by atoms with Gasteiger partial charge in [0, 0.05) is 35.9 Å². The van der Waals surface area contributed by atoms with Gasteiger partial charge in [-0.1, -0.05) is 0 Å². The highest BCUT2D eigenvalue weighted by Gasteiger charge is 2.03. The molecule has 0 fully saturated rings. The Morgan fingerprint density at radius 3 is 2.29 bits per heavy atom. The molecule has 0 amide bonds. The lowest BCUT2D eigenvalue weighted by molar-refractivity contribution is 1.15. The summed E-state index contributed by atoms with van der Waals surface area (Å²) >= 11 is 0. The lowest BCUT2D eigenvalue weighted by atomic mass is 10.0. The fourth-order valence-corrected chi connectivity index (χ4v) is 1.36. The quantitative estimate of drug-likeness (QED) is 0.683. The van der Waals surface area contributed by atoms with Crippen molar-refractivity contribution in [2.45, 2.75) is 13.8 Å². The van der Waals surface area contributed by atoms with E-state index in [1.54, 1.807) is 12.4 Å². The Morgan fingerprint density at radius 2 is 1.57 bits per heavy atom. The van der Waals surface area contributed by atoms with Crippen LogP contribution < -0.4 is 0 Å². The van der Waals surface area contributed by atoms with E-state index in [2.05, 4.69) is 28.8 Å². The highest BCUT2D eigenvalue weighted by atomic mass is 14.8. The summed E-state index contributed by atoms with van der Waals surface area (Å²) in [7, 11) is 0. The lowest BCUT2D eigenvalue weighted by Gasteiger charge is -2.06. The van der Waals surface area contributed by atoms with Crippen molar-refractivity contribution in [3.05, 3.63) is 42.2 Å². The number of hydrogen-bond donors (Lipinski definition) is 0. The molecule has 0 atom stereocenters. The lowest BCUT2D eigenvalue weighted by Crippen LogP contribution is -1.90. The van der Waals surface area contributed by atoms with Crippen molar-refractivity contribution in [1.29, 1.82) is 0 Å². The molecule has 0 unspecified atom stereocenters. The molecule has 0 bridgehead atoms. The van der Waals surface area contributed by atoms with Crippen molar-refractivity contribution in [3.63, 3.8) is 0 Å². The second kappa shape index (κ2) is 3.54. The second-order valence-electron chi connectivity index (χ2n) is 3.26. The summed E-state index contributed by atoms with van der Waals surface area (Å²) in [4.78, 5) is 12.2. The van der Waals surface area contributed by atoms with Crippen LogP contribution in [-0.4, -0.2) is 15.0 Å². The topological polar surface area (TPSA) is 38.7 Å². The molecule has 3 nitrogen and oxygen atoms in total. The van der Waals surface area contributed by atoms with Crippen molar-refractivity contribution in [2.24, 2.45) is 0 Å². The third-order valence-electron chi connectivity index (χ3n) is 2.34. The number of rotatable bonds is 1. The molecule has 3 heteroatoms. The van der Waals surface area contributed by atoms with Crippen LogP contribution in [0.25, 0.3) is 11.1 Å². The molecule has 0 aliphatic carbocycles. The van der Waals surface area contributed by atoms with E-state index >= 15 is 0 Å². The first-order chi connectivity index (χ1) is 6.79. The molecular weight excluding hydrogens is 174 g/mol. The fourth-order valence-electron chi connectivity index (χ4n) is 1.36. The van der Waals surface area contributed by atoms with Gasteiger partial charge in [-0.3, -0.25) is 4.98 Å². The highest BCUT2D eigenvalue weighted by molar-refractivity contribution is 5.65. The van der Waals surface area contributed by atoms with E-state index in [0.29, 0.717) is 0 Å². The molecule has 70 valence electrons. The summed E-state index contributed by atoms with van der Waals surface area (Å²) in [6, 6.07) is 0. The molecular formula is C11H11N3. The van der Waals surface area contributed by atoms with Crippen LogP contribution in [0.5, 0.6) is 0 Å². The number of aryl methyl sites for hydroxylation is 1. The van der Waals surface area contributed by atoms with Gasteiger partial charge in [0.25, 0.3) is 0 Å². The summed E-state index contributed by atoms with van der Waals surface area (Å²) in [5.74, 6) is 0. The van der Waals surface area contributed by atoms with Gasteiger partial charge < -0.3 is 0 Å². The Kier molecular flexibility index (Phi) is 2.23. The van der Waals surface area contributed by atoms with Gasteiger partial charge in [0.05, 0.1) is 0 Å². The van der Waals surface area contributed by atoms with Crippen LogP contribution >= 0.6 is 0 Å². The SMILES string of the molecule is Cc1cncc(-c2cncnc2)c1C. The summed E-state index contributed by atoms with van der Waals surface area (Å²) < 4.78 is 0. The third kappa shape index (κ3) is 1.48. The second-order valence-corrected chi connectivity index (χ2v) is 3.26. The molecule has 2 heterocycles. The van der Waals surface area contributed by atoms with Crippen molar-refractivity contribution in [1.82, 2.24) is 15.0 Å². The molecule has 0 aliphatic rings. The van der Waals surface area contributed by atoms with Crippen LogP contribution in [0.2, 0.25) is 0 Å². The van der Waals surface area contributed by atoms with Crippen molar-refractivity contribution >= 4 is 0 Å². The van der Waals surface area contributed by atoms with Gasteiger partial charge in [0.15, 0.2) is 0 Å². The predicted molar refractivity (Wildman–Crippen MR) is 54.7 cm³/mol. The normalized spacial score (nSPS) is 10.1. The zero-order chi connectivity index (χ0) is 9.97. The minimum Gasteiger partial charge on any atom is -0.264 e. The molecule has 0 spiro atoms. The average Bonchev–Trinajstić information content (AvgIpc) is 2.23. The van der Waals surface area contributed by atoms with Gasteiger partial charge >= 0.3 is 0 Å². The van der Waals surface area contributed by atoms with Crippen LogP contribution in [-0.2, 0) is 0 Å². The predicted octanol–water partition coefficient (Wildman–Crippen LogP) is 2.16. The number of aromatic nitrogens is 3. The average molecular weight is 185 g/mol. The van der Waals surface area contributed by atoms with Crippen LogP contribution in [0, 0.1) is 13.8 Å². The Balaban J connectivity index is 2.58. The van der Waals surface area contributed by atoms with Crippen LogP contribution in [0.3, 0.4) is 0 Å². The molecule has 2 aromatic heterocycles. The van der Waals surface area contributed by atoms with Crippen LogP contribution in [0.1, 0.15) is 11.1 Å². The van der Waals surface area contributed by atoms with E-state index < -0.39 is 0 Å². The Morgan fingerprint density at radius 1 is 0.857 bits per heavy atom. The van der Waals surface area contributed by atoms with Gasteiger partial charge in [0.1, 0.15) is 6.33 Å². The maximum absolute atomic E-state index is 4.17. The third-order valence-corrected chi connectivity index (χ3v) is 2.34. The van der Waals surface area contributed by atoms with Crippen LogP contribution in [0.4, 0.5) is 0 Å². The first kappa shape index (κ1) is 8.81. The highest BCUT2D eigenvalue weighted by Crippen LogP contribution is 2.22. The van der Waals surface area contributed by atoms with E-state index in [9.17, 15) is 0 Å². The largest absolute Gasteiger partial charge is 0.264 e. The van der Waals surface area contributed by atoms with E-state index in [-0.39, 0.29) is 0 Å². The smallest absolute Gasteiger partial charge is 0.115 e. The van der Waals surface area contributed by atoms with Gasteiger partial charge in [-0.2, -0.15) is 0 Å². The van der Waals surface area contributed by atoms with Crippen molar-refractivity contribution in [3.8, 4) is 11.1 Å². The van der Waals surface area contributed by atoms with Gasteiger partial charge in [-0.15, -0.1) is 0 Å². The zero-order valence-corrected chi connectivity index (χ0v) is 8.23. The molecule has 0 radical (unpaired) electrons. The van der Waals surface area contributed by atoms with Crippen molar-refractivity contribution < 1.29 is 0 Å². The van der Waals surface area contributed by atoms with E-state index in [1.165, 1.54) is 17.5 Å². The number of nitrogens with zero attached hydrogens (tertiary/aromatic N) is 3. The summed E-state index contributed by atoms with van der Waals surface area (Å²) in [6.07, 6.45) is 8.85. The van der Waals surface area contributed by atoms with Crippen LogP contribution in [0.15, 0.2) is 31.1 Å². The first-order valence-electron chi connectivity index (χ1n) is 4.45. The standard InChI is InChI=1S/C11H11N3/c1-8-3-12-6-11(9(8)2)10-4-13-7-14-5-10/h3-7H,1-2H3. The zero-order valence-electron chi connectivity index (χ0n) is 8.23. The van der Waals surface area contributed by atoms with Gasteiger partial charge in [-0.25, -0.2) is 9.97 Å². The van der Waals surface area contributed by atoms with E-state index in [1.807, 2.05) is 12.4 Å². The fraction of sp³-hybridized carbons (Fsp3) is 0.182. The Bertz CT molecular complexity index is 438. The van der Waals surface area contributed by atoms with E-state index in [4.69, 9.17) is 0 Å². The van der Waals surface area contributed by atoms with Gasteiger partial charge in [0.2, 0.25) is 0 Å². The molecule has 0 saturated carbocycles. The first-order valence-corrected chi connectivity index (χ1v) is 4.45.